The molecule has 1 rings (SSSR count). The van der Waals surface area contributed by atoms with Crippen LogP contribution >= 0.6 is 11.8 Å². The van der Waals surface area contributed by atoms with Crippen molar-refractivity contribution in [2.24, 2.45) is 17.6 Å². The van der Waals surface area contributed by atoms with Gasteiger partial charge in [0.25, 0.3) is 0 Å². The van der Waals surface area contributed by atoms with Crippen molar-refractivity contribution in [1.29, 1.82) is 0 Å². The van der Waals surface area contributed by atoms with Crippen molar-refractivity contribution in [2.45, 2.75) is 31.9 Å². The molecule has 0 aromatic rings. The van der Waals surface area contributed by atoms with E-state index in [0.717, 1.165) is 23.6 Å². The molecule has 0 amide bonds. The first-order valence-corrected chi connectivity index (χ1v) is 5.62. The number of hydrogen-bond acceptors (Lipinski definition) is 2. The minimum Gasteiger partial charge on any atom is -0.330 e. The molecular weight excluding hydrogens is 154 g/mol. The lowest BCUT2D eigenvalue weighted by atomic mass is 9.90. The first-order valence-electron chi connectivity index (χ1n) is 4.57. The van der Waals surface area contributed by atoms with Gasteiger partial charge in [-0.15, -0.1) is 0 Å². The van der Waals surface area contributed by atoms with E-state index in [1.165, 1.54) is 18.6 Å². The normalized spacial score (nSPS) is 27.8. The van der Waals surface area contributed by atoms with Gasteiger partial charge in [0.15, 0.2) is 0 Å². The van der Waals surface area contributed by atoms with Gasteiger partial charge < -0.3 is 5.73 Å². The SMILES string of the molecule is CC(C)C(CN)C1CCCS1. The molecule has 0 spiro atoms. The fourth-order valence-corrected chi connectivity index (χ4v) is 3.44. The highest BCUT2D eigenvalue weighted by molar-refractivity contribution is 8.00. The van der Waals surface area contributed by atoms with Crippen LogP contribution in [0, 0.1) is 11.8 Å². The van der Waals surface area contributed by atoms with E-state index < -0.39 is 0 Å². The number of thioether (sulfide) groups is 1. The Labute approximate surface area is 74.1 Å². The highest BCUT2D eigenvalue weighted by Crippen LogP contribution is 2.34. The Morgan fingerprint density at radius 2 is 2.27 bits per heavy atom. The molecule has 11 heavy (non-hydrogen) atoms. The van der Waals surface area contributed by atoms with Gasteiger partial charge in [-0.2, -0.15) is 11.8 Å². The molecule has 1 nitrogen and oxygen atoms in total. The van der Waals surface area contributed by atoms with E-state index in [-0.39, 0.29) is 0 Å². The average molecular weight is 173 g/mol. The summed E-state index contributed by atoms with van der Waals surface area (Å²) in [4.78, 5) is 0. The molecule has 2 N–H and O–H groups in total. The van der Waals surface area contributed by atoms with E-state index >= 15 is 0 Å². The minimum absolute atomic E-state index is 0.752. The van der Waals surface area contributed by atoms with Gasteiger partial charge in [0.05, 0.1) is 0 Å². The Hall–Kier alpha value is 0.310. The van der Waals surface area contributed by atoms with Gasteiger partial charge in [-0.25, -0.2) is 0 Å². The number of rotatable bonds is 3. The second-order valence-corrected chi connectivity index (χ2v) is 5.04. The van der Waals surface area contributed by atoms with E-state index in [4.69, 9.17) is 5.73 Å². The van der Waals surface area contributed by atoms with Crippen molar-refractivity contribution in [3.05, 3.63) is 0 Å². The maximum absolute atomic E-state index is 5.74. The zero-order chi connectivity index (χ0) is 8.27. The summed E-state index contributed by atoms with van der Waals surface area (Å²) in [5.41, 5.74) is 5.74. The molecular formula is C9H19NS. The van der Waals surface area contributed by atoms with E-state index in [9.17, 15) is 0 Å². The van der Waals surface area contributed by atoms with E-state index in [1.54, 1.807) is 0 Å². The van der Waals surface area contributed by atoms with Crippen molar-refractivity contribution in [2.75, 3.05) is 12.3 Å². The van der Waals surface area contributed by atoms with Gasteiger partial charge in [-0.1, -0.05) is 13.8 Å². The fourth-order valence-electron chi connectivity index (χ4n) is 1.79. The van der Waals surface area contributed by atoms with Crippen molar-refractivity contribution in [1.82, 2.24) is 0 Å². The van der Waals surface area contributed by atoms with Gasteiger partial charge in [0, 0.05) is 5.25 Å². The molecule has 2 atom stereocenters. The molecule has 0 radical (unpaired) electrons. The van der Waals surface area contributed by atoms with Crippen LogP contribution in [0.3, 0.4) is 0 Å². The van der Waals surface area contributed by atoms with E-state index in [0.29, 0.717) is 0 Å². The molecule has 0 bridgehead atoms. The third-order valence-corrected chi connectivity index (χ3v) is 4.11. The lowest BCUT2D eigenvalue weighted by Gasteiger charge is -2.24. The Kier molecular flexibility index (Phi) is 3.73. The highest BCUT2D eigenvalue weighted by atomic mass is 32.2. The number of nitrogens with two attached hydrogens (primary N) is 1. The van der Waals surface area contributed by atoms with Crippen LogP contribution in [-0.2, 0) is 0 Å². The van der Waals surface area contributed by atoms with Gasteiger partial charge in [0.2, 0.25) is 0 Å². The standard InChI is InChI=1S/C9H19NS/c1-7(2)8(6-10)9-4-3-5-11-9/h7-9H,3-6,10H2,1-2H3. The summed E-state index contributed by atoms with van der Waals surface area (Å²) >= 11 is 2.12. The summed E-state index contributed by atoms with van der Waals surface area (Å²) in [6.45, 7) is 5.45. The zero-order valence-corrected chi connectivity index (χ0v) is 8.36. The Morgan fingerprint density at radius 3 is 2.64 bits per heavy atom. The van der Waals surface area contributed by atoms with Crippen molar-refractivity contribution >= 4 is 11.8 Å². The summed E-state index contributed by atoms with van der Waals surface area (Å²) in [6.07, 6.45) is 2.79. The lowest BCUT2D eigenvalue weighted by molar-refractivity contribution is 0.376. The van der Waals surface area contributed by atoms with Crippen LogP contribution in [0.15, 0.2) is 0 Å². The average Bonchev–Trinajstić information content (AvgIpc) is 2.40. The van der Waals surface area contributed by atoms with Gasteiger partial charge >= 0.3 is 0 Å². The first-order chi connectivity index (χ1) is 5.25. The molecule has 1 fully saturated rings. The molecule has 2 unspecified atom stereocenters. The van der Waals surface area contributed by atoms with Crippen LogP contribution in [0.5, 0.6) is 0 Å². The van der Waals surface area contributed by atoms with Crippen LogP contribution in [0.4, 0.5) is 0 Å². The van der Waals surface area contributed by atoms with Gasteiger partial charge in [0.1, 0.15) is 0 Å². The molecule has 1 heterocycles. The van der Waals surface area contributed by atoms with Gasteiger partial charge in [-0.05, 0) is 37.0 Å². The maximum atomic E-state index is 5.74. The zero-order valence-electron chi connectivity index (χ0n) is 7.55. The van der Waals surface area contributed by atoms with Crippen LogP contribution < -0.4 is 5.73 Å². The Bertz CT molecular complexity index is 108. The molecule has 66 valence electrons. The quantitative estimate of drug-likeness (QED) is 0.707. The molecule has 0 aromatic carbocycles. The van der Waals surface area contributed by atoms with Crippen LogP contribution in [0.1, 0.15) is 26.7 Å². The predicted octanol–water partition coefficient (Wildman–Crippen LogP) is 2.11. The molecule has 0 saturated carbocycles. The molecule has 1 saturated heterocycles. The molecule has 1 aliphatic heterocycles. The van der Waals surface area contributed by atoms with Crippen molar-refractivity contribution < 1.29 is 0 Å². The highest BCUT2D eigenvalue weighted by Gasteiger charge is 2.26. The third kappa shape index (κ3) is 2.38. The van der Waals surface area contributed by atoms with Crippen LogP contribution in [0.2, 0.25) is 0 Å². The second kappa shape index (κ2) is 4.36. The van der Waals surface area contributed by atoms with Crippen molar-refractivity contribution in [3.8, 4) is 0 Å². The summed E-state index contributed by atoms with van der Waals surface area (Å²) in [5, 5.41) is 0.861. The summed E-state index contributed by atoms with van der Waals surface area (Å²) < 4.78 is 0. The number of hydrogen-bond donors (Lipinski definition) is 1. The van der Waals surface area contributed by atoms with Crippen LogP contribution in [-0.4, -0.2) is 17.5 Å². The lowest BCUT2D eigenvalue weighted by Crippen LogP contribution is -2.28. The van der Waals surface area contributed by atoms with Crippen molar-refractivity contribution in [3.63, 3.8) is 0 Å². The molecule has 2 heteroatoms. The first kappa shape index (κ1) is 9.40. The van der Waals surface area contributed by atoms with Crippen LogP contribution in [0.25, 0.3) is 0 Å². The minimum atomic E-state index is 0.752. The maximum Gasteiger partial charge on any atom is 0.00900 e. The predicted molar refractivity (Wildman–Crippen MR) is 52.9 cm³/mol. The van der Waals surface area contributed by atoms with Gasteiger partial charge in [-0.3, -0.25) is 0 Å². The monoisotopic (exact) mass is 173 g/mol. The van der Waals surface area contributed by atoms with E-state index in [1.807, 2.05) is 0 Å². The second-order valence-electron chi connectivity index (χ2n) is 3.70. The molecule has 0 aromatic heterocycles. The summed E-state index contributed by atoms with van der Waals surface area (Å²) in [5.74, 6) is 2.87. The van der Waals surface area contributed by atoms with E-state index in [2.05, 4.69) is 25.6 Å². The summed E-state index contributed by atoms with van der Waals surface area (Å²) in [6, 6.07) is 0. The third-order valence-electron chi connectivity index (χ3n) is 2.57. The Morgan fingerprint density at radius 1 is 1.55 bits per heavy atom. The molecule has 1 aliphatic rings. The topological polar surface area (TPSA) is 26.0 Å². The largest absolute Gasteiger partial charge is 0.330 e. The smallest absolute Gasteiger partial charge is 0.00900 e. The molecule has 0 aliphatic carbocycles. The summed E-state index contributed by atoms with van der Waals surface area (Å²) in [7, 11) is 0. The fraction of sp³-hybridized carbons (Fsp3) is 1.00. The Balaban J connectivity index is 2.40.